The second-order valence-corrected chi connectivity index (χ2v) is 12.3. The van der Waals surface area contributed by atoms with Crippen molar-refractivity contribution in [2.75, 3.05) is 18.9 Å². The lowest BCUT2D eigenvalue weighted by molar-refractivity contribution is -0.143. The van der Waals surface area contributed by atoms with Crippen molar-refractivity contribution >= 4 is 70.8 Å². The highest BCUT2D eigenvalue weighted by atomic mass is 16.4. The molecule has 1 aromatic carbocycles. The number of nitrogen functional groups attached to an aromatic ring is 1. The Morgan fingerprint density at radius 3 is 1.73 bits per heavy atom. The number of anilines is 1. The molecule has 308 valence electrons. The van der Waals surface area contributed by atoms with Gasteiger partial charge >= 0.3 is 23.9 Å². The Labute approximate surface area is 317 Å². The number of carboxylic acid groups (broad SMARTS) is 4. The fourth-order valence-corrected chi connectivity index (χ4v) is 4.70. The molecule has 6 unspecified atom stereocenters. The molecule has 0 heterocycles. The van der Waals surface area contributed by atoms with E-state index in [0.717, 1.165) is 6.92 Å². The molecule has 24 heteroatoms. The van der Waals surface area contributed by atoms with Crippen molar-refractivity contribution in [2.24, 2.45) is 11.7 Å². The van der Waals surface area contributed by atoms with E-state index < -0.39 is 146 Å². The topological polar surface area (TPSA) is 413 Å². The monoisotopic (exact) mass is 796 g/mol. The summed E-state index contributed by atoms with van der Waals surface area (Å²) < 4.78 is 0. The van der Waals surface area contributed by atoms with E-state index in [9.17, 15) is 73.2 Å². The van der Waals surface area contributed by atoms with Crippen molar-refractivity contribution in [1.29, 1.82) is 0 Å². The maximum atomic E-state index is 13.3. The average Bonchev–Trinajstić information content (AvgIpc) is 3.09. The molecule has 0 saturated heterocycles. The minimum Gasteiger partial charge on any atom is -0.481 e. The maximum Gasteiger partial charge on any atom is 0.326 e. The third-order valence-electron chi connectivity index (χ3n) is 7.66. The van der Waals surface area contributed by atoms with Gasteiger partial charge in [-0.3, -0.25) is 47.9 Å². The summed E-state index contributed by atoms with van der Waals surface area (Å²) in [5.41, 5.74) is 11.2. The fourth-order valence-electron chi connectivity index (χ4n) is 4.70. The normalized spacial score (nSPS) is 14.4. The first-order valence-electron chi connectivity index (χ1n) is 16.5. The highest BCUT2D eigenvalue weighted by molar-refractivity contribution is 6.03. The van der Waals surface area contributed by atoms with Crippen LogP contribution in [0, 0.1) is 5.92 Å². The number of rotatable bonds is 24. The van der Waals surface area contributed by atoms with E-state index in [1.165, 1.54) is 31.2 Å². The Morgan fingerprint density at radius 2 is 1.20 bits per heavy atom. The summed E-state index contributed by atoms with van der Waals surface area (Å²) in [5, 5.41) is 59.1. The van der Waals surface area contributed by atoms with Gasteiger partial charge in [-0.05, 0) is 25.0 Å². The van der Waals surface area contributed by atoms with Gasteiger partial charge in [-0.25, -0.2) is 4.79 Å². The Hall–Kier alpha value is -6.69. The van der Waals surface area contributed by atoms with Crippen molar-refractivity contribution in [3.63, 3.8) is 0 Å². The predicted octanol–water partition coefficient (Wildman–Crippen LogP) is -5.13. The molecular formula is C32H44N8O16. The first kappa shape index (κ1) is 47.3. The van der Waals surface area contributed by atoms with Gasteiger partial charge in [-0.2, -0.15) is 0 Å². The number of carbonyl (C=O) groups is 11. The van der Waals surface area contributed by atoms with Gasteiger partial charge in [0.1, 0.15) is 30.2 Å². The zero-order valence-electron chi connectivity index (χ0n) is 30.0. The molecule has 0 radical (unpaired) electrons. The molecule has 0 bridgehead atoms. The first-order valence-corrected chi connectivity index (χ1v) is 16.5. The van der Waals surface area contributed by atoms with E-state index >= 15 is 0 Å². The number of hydrogen-bond acceptors (Lipinski definition) is 14. The zero-order chi connectivity index (χ0) is 42.9. The van der Waals surface area contributed by atoms with Crippen LogP contribution in [-0.4, -0.2) is 140 Å². The third-order valence-corrected chi connectivity index (χ3v) is 7.66. The van der Waals surface area contributed by atoms with Crippen molar-refractivity contribution in [1.82, 2.24) is 31.9 Å². The number of carboxylic acids is 4. The van der Waals surface area contributed by atoms with Gasteiger partial charge in [-0.15, -0.1) is 0 Å². The minimum absolute atomic E-state index is 0.0334. The van der Waals surface area contributed by atoms with E-state index in [1.54, 1.807) is 0 Å². The third kappa shape index (κ3) is 16.1. The van der Waals surface area contributed by atoms with E-state index in [1.807, 2.05) is 16.0 Å². The molecule has 1 rings (SSSR count). The van der Waals surface area contributed by atoms with E-state index in [2.05, 4.69) is 16.0 Å². The number of carbonyl (C=O) groups excluding carboxylic acids is 7. The lowest BCUT2D eigenvalue weighted by atomic mass is 9.96. The fraction of sp³-hybridized carbons (Fsp3) is 0.469. The van der Waals surface area contributed by atoms with Gasteiger partial charge in [-0.1, -0.05) is 19.1 Å². The summed E-state index contributed by atoms with van der Waals surface area (Å²) in [5.74, 6) is -15.1. The number of aliphatic hydroxyl groups excluding tert-OH is 1. The Balaban J connectivity index is 3.01. The van der Waals surface area contributed by atoms with Gasteiger partial charge in [0.25, 0.3) is 0 Å². The van der Waals surface area contributed by atoms with Crippen LogP contribution >= 0.6 is 0 Å². The SMILES string of the molecule is CC(NC(=O)C(N)CC(=O)O)C(=O)NC(CC(=O)O)C(=O)NCC(=O)NC(CO)C(=O)NC(C(=O)NC(CC(=O)c1ccccc1N)C(=O)O)[C@@H](C)CC(=O)O. The van der Waals surface area contributed by atoms with Crippen molar-refractivity contribution in [2.45, 2.75) is 75.8 Å². The quantitative estimate of drug-likeness (QED) is 0.0343. The molecule has 0 fully saturated rings. The Morgan fingerprint density at radius 1 is 0.625 bits per heavy atom. The molecule has 0 aliphatic carbocycles. The Bertz CT molecular complexity index is 1690. The van der Waals surface area contributed by atoms with Crippen molar-refractivity contribution in [3.05, 3.63) is 29.8 Å². The van der Waals surface area contributed by atoms with Crippen LogP contribution in [0.15, 0.2) is 24.3 Å². The van der Waals surface area contributed by atoms with Crippen LogP contribution in [0.2, 0.25) is 0 Å². The van der Waals surface area contributed by atoms with Gasteiger partial charge in [0.2, 0.25) is 35.4 Å². The van der Waals surface area contributed by atoms with Crippen molar-refractivity contribution in [3.8, 4) is 0 Å². The predicted molar refractivity (Wildman–Crippen MR) is 187 cm³/mol. The second-order valence-electron chi connectivity index (χ2n) is 12.3. The van der Waals surface area contributed by atoms with Gasteiger partial charge < -0.3 is 68.9 Å². The number of amides is 6. The lowest BCUT2D eigenvalue weighted by Gasteiger charge is -2.27. The van der Waals surface area contributed by atoms with Crippen molar-refractivity contribution < 1.29 is 78.3 Å². The van der Waals surface area contributed by atoms with Crippen LogP contribution in [0.25, 0.3) is 0 Å². The number of aliphatic hydroxyl groups is 1. The number of nitrogens with two attached hydrogens (primary N) is 2. The lowest BCUT2D eigenvalue weighted by Crippen LogP contribution is -2.59. The number of para-hydroxylation sites is 1. The van der Waals surface area contributed by atoms with Gasteiger partial charge in [0.05, 0.1) is 38.5 Å². The highest BCUT2D eigenvalue weighted by Crippen LogP contribution is 2.15. The maximum absolute atomic E-state index is 13.3. The molecular weight excluding hydrogens is 752 g/mol. The molecule has 56 heavy (non-hydrogen) atoms. The molecule has 7 atom stereocenters. The average molecular weight is 797 g/mol. The summed E-state index contributed by atoms with van der Waals surface area (Å²) in [6, 6.07) is -4.63. The van der Waals surface area contributed by atoms with Crippen LogP contribution in [0.3, 0.4) is 0 Å². The second kappa shape index (κ2) is 22.5. The number of aliphatic carboxylic acids is 4. The molecule has 24 nitrogen and oxygen atoms in total. The number of hydrogen-bond donors (Lipinski definition) is 13. The number of ketones is 1. The van der Waals surface area contributed by atoms with Crippen LogP contribution < -0.4 is 43.4 Å². The van der Waals surface area contributed by atoms with Crippen LogP contribution in [0.1, 0.15) is 49.9 Å². The Kier molecular flexibility index (Phi) is 19.0. The summed E-state index contributed by atoms with van der Waals surface area (Å²) in [6.07, 6.45) is -3.32. The van der Waals surface area contributed by atoms with Crippen LogP contribution in [0.5, 0.6) is 0 Å². The number of Topliss-reactive ketones (excluding diaryl/α,β-unsaturated/α-hetero) is 1. The van der Waals surface area contributed by atoms with E-state index in [4.69, 9.17) is 16.6 Å². The van der Waals surface area contributed by atoms with E-state index in [-0.39, 0.29) is 11.3 Å². The molecule has 0 spiro atoms. The molecule has 6 amide bonds. The van der Waals surface area contributed by atoms with E-state index in [0.29, 0.717) is 0 Å². The summed E-state index contributed by atoms with van der Waals surface area (Å²) >= 11 is 0. The molecule has 0 aromatic heterocycles. The minimum atomic E-state index is -1.87. The molecule has 0 aliphatic heterocycles. The molecule has 15 N–H and O–H groups in total. The summed E-state index contributed by atoms with van der Waals surface area (Å²) in [7, 11) is 0. The standard InChI is InChI=1S/C32H44N8O16/c1-13(7-23(44)45)26(31(54)39-19(32(55)56)9-21(42)15-5-3-4-6-16(15)33)40-30(53)20(12-41)37-22(43)11-35-29(52)18(10-25(48)49)38-27(50)14(2)36-28(51)17(34)8-24(46)47/h3-6,13-14,17-20,26,41H,7-12,33-34H2,1-2H3,(H,35,52)(H,36,51)(H,37,43)(H,38,50)(H,39,54)(H,40,53)(H,44,45)(H,46,47)(H,48,49)(H,55,56)/t13-,14?,17?,18?,19?,20?,26?/m0/s1. The molecule has 1 aromatic rings. The number of benzene rings is 1. The zero-order valence-corrected chi connectivity index (χ0v) is 30.0. The highest BCUT2D eigenvalue weighted by Gasteiger charge is 2.35. The number of nitrogens with one attached hydrogen (secondary N) is 6. The molecule has 0 aliphatic rings. The first-order chi connectivity index (χ1) is 26.1. The van der Waals surface area contributed by atoms with Gasteiger partial charge in [0.15, 0.2) is 5.78 Å². The van der Waals surface area contributed by atoms with Gasteiger partial charge in [0, 0.05) is 17.7 Å². The smallest absolute Gasteiger partial charge is 0.326 e. The molecule has 0 saturated carbocycles. The van der Waals surface area contributed by atoms with Crippen LogP contribution in [-0.2, 0) is 47.9 Å². The van der Waals surface area contributed by atoms with Crippen LogP contribution in [0.4, 0.5) is 5.69 Å². The summed E-state index contributed by atoms with van der Waals surface area (Å²) in [6.45, 7) is 0.218. The largest absolute Gasteiger partial charge is 0.481 e. The summed E-state index contributed by atoms with van der Waals surface area (Å²) in [4.78, 5) is 135.